The fourth-order valence-electron chi connectivity index (χ4n) is 3.07. The van der Waals surface area contributed by atoms with E-state index in [1.54, 1.807) is 0 Å². The van der Waals surface area contributed by atoms with E-state index in [1.165, 1.54) is 58.2 Å². The van der Waals surface area contributed by atoms with Gasteiger partial charge in [0.25, 0.3) is 0 Å². The van der Waals surface area contributed by atoms with Crippen LogP contribution in [0.3, 0.4) is 0 Å². The number of rotatable bonds is 3. The molecule has 2 unspecified atom stereocenters. The van der Waals surface area contributed by atoms with E-state index in [0.29, 0.717) is 0 Å². The third kappa shape index (κ3) is 3.45. The summed E-state index contributed by atoms with van der Waals surface area (Å²) in [6.45, 7) is 6.35. The van der Waals surface area contributed by atoms with E-state index in [9.17, 15) is 0 Å². The summed E-state index contributed by atoms with van der Waals surface area (Å²) in [4.78, 5) is 3.45. The highest BCUT2D eigenvalue weighted by Crippen LogP contribution is 2.29. The largest absolute Gasteiger partial charge is 0.303 e. The summed E-state index contributed by atoms with van der Waals surface area (Å²) < 4.78 is 0. The minimum absolute atomic E-state index is 0.764. The van der Waals surface area contributed by atoms with Crippen LogP contribution in [0.15, 0.2) is 0 Å². The highest BCUT2D eigenvalue weighted by atomic mass is 79.9. The molecule has 1 aliphatic carbocycles. The molecule has 0 bridgehead atoms. The molecule has 1 saturated carbocycles. The molecule has 1 heterocycles. The van der Waals surface area contributed by atoms with E-state index in [1.807, 2.05) is 0 Å². The summed E-state index contributed by atoms with van der Waals surface area (Å²) in [6.07, 6.45) is 8.79. The lowest BCUT2D eigenvalue weighted by Gasteiger charge is -2.34. The summed E-state index contributed by atoms with van der Waals surface area (Å²) in [5.41, 5.74) is 0. The second-order valence-corrected chi connectivity index (χ2v) is 6.70. The summed E-state index contributed by atoms with van der Waals surface area (Å²) in [5, 5.41) is 0. The van der Waals surface area contributed by atoms with Crippen molar-refractivity contribution in [2.45, 2.75) is 50.3 Å². The third-order valence-corrected chi connectivity index (χ3v) is 5.57. The molecule has 2 rings (SSSR count). The summed E-state index contributed by atoms with van der Waals surface area (Å²) in [6, 6.07) is 0. The van der Waals surface area contributed by atoms with Gasteiger partial charge in [-0.05, 0) is 37.8 Å². The van der Waals surface area contributed by atoms with Gasteiger partial charge in [-0.3, -0.25) is 0 Å². The quantitative estimate of drug-likeness (QED) is 0.710. The van der Waals surface area contributed by atoms with E-state index in [2.05, 4.69) is 27.8 Å². The zero-order valence-electron chi connectivity index (χ0n) is 9.92. The molecular formula is C13H24BrN. The summed E-state index contributed by atoms with van der Waals surface area (Å²) >= 11 is 3.77. The Morgan fingerprint density at radius 1 is 1.20 bits per heavy atom. The van der Waals surface area contributed by atoms with E-state index < -0.39 is 0 Å². The van der Waals surface area contributed by atoms with E-state index in [4.69, 9.17) is 0 Å². The van der Waals surface area contributed by atoms with Gasteiger partial charge in [-0.15, -0.1) is 0 Å². The van der Waals surface area contributed by atoms with Gasteiger partial charge in [-0.2, -0.15) is 0 Å². The van der Waals surface area contributed by atoms with Gasteiger partial charge < -0.3 is 4.90 Å². The van der Waals surface area contributed by atoms with Crippen molar-refractivity contribution in [3.05, 3.63) is 0 Å². The van der Waals surface area contributed by atoms with Crippen LogP contribution in [-0.4, -0.2) is 29.4 Å². The molecule has 88 valence electrons. The third-order valence-electron chi connectivity index (χ3n) is 4.21. The van der Waals surface area contributed by atoms with Crippen LogP contribution >= 0.6 is 15.9 Å². The molecule has 0 radical (unpaired) electrons. The molecule has 0 aromatic rings. The van der Waals surface area contributed by atoms with Crippen LogP contribution in [0.5, 0.6) is 0 Å². The molecule has 0 N–H and O–H groups in total. The maximum absolute atomic E-state index is 3.77. The van der Waals surface area contributed by atoms with Crippen LogP contribution < -0.4 is 0 Å². The topological polar surface area (TPSA) is 3.24 Å². The van der Waals surface area contributed by atoms with E-state index in [0.717, 1.165) is 16.7 Å². The fourth-order valence-corrected chi connectivity index (χ4v) is 3.44. The van der Waals surface area contributed by atoms with Gasteiger partial charge in [0.05, 0.1) is 0 Å². The van der Waals surface area contributed by atoms with Crippen molar-refractivity contribution in [1.82, 2.24) is 4.90 Å². The lowest BCUT2D eigenvalue weighted by molar-refractivity contribution is 0.179. The number of alkyl halides is 1. The second-order valence-electron chi connectivity index (χ2n) is 5.52. The first kappa shape index (κ1) is 11.9. The molecule has 2 heteroatoms. The van der Waals surface area contributed by atoms with Crippen molar-refractivity contribution in [3.63, 3.8) is 0 Å². The van der Waals surface area contributed by atoms with Crippen molar-refractivity contribution in [2.75, 3.05) is 19.6 Å². The molecule has 1 aliphatic heterocycles. The first-order chi connectivity index (χ1) is 7.25. The zero-order valence-corrected chi connectivity index (χ0v) is 11.5. The Labute approximate surface area is 103 Å². The Hall–Kier alpha value is 0.440. The molecule has 0 amide bonds. The predicted octanol–water partition coefficient (Wildman–Crippen LogP) is 3.67. The van der Waals surface area contributed by atoms with E-state index in [-0.39, 0.29) is 0 Å². The summed E-state index contributed by atoms with van der Waals surface area (Å²) in [7, 11) is 0. The molecular weight excluding hydrogens is 250 g/mol. The SMILES string of the molecule is CC1CN(CCC2CCCC2)CCC1Br. The first-order valence-corrected chi connectivity index (χ1v) is 7.53. The first-order valence-electron chi connectivity index (χ1n) is 6.62. The van der Waals surface area contributed by atoms with Crippen LogP contribution in [-0.2, 0) is 0 Å². The van der Waals surface area contributed by atoms with Gasteiger partial charge in [-0.1, -0.05) is 48.5 Å². The molecule has 0 aromatic heterocycles. The fraction of sp³-hybridized carbons (Fsp3) is 1.00. The van der Waals surface area contributed by atoms with Crippen LogP contribution in [0.4, 0.5) is 0 Å². The van der Waals surface area contributed by atoms with Gasteiger partial charge in [0.2, 0.25) is 0 Å². The van der Waals surface area contributed by atoms with Crippen molar-refractivity contribution >= 4 is 15.9 Å². The average Bonchev–Trinajstić information content (AvgIpc) is 2.73. The van der Waals surface area contributed by atoms with Crippen molar-refractivity contribution < 1.29 is 0 Å². The van der Waals surface area contributed by atoms with Crippen molar-refractivity contribution in [3.8, 4) is 0 Å². The van der Waals surface area contributed by atoms with Crippen molar-refractivity contribution in [2.24, 2.45) is 11.8 Å². The molecule has 0 aromatic carbocycles. The van der Waals surface area contributed by atoms with Gasteiger partial charge in [0.15, 0.2) is 0 Å². The molecule has 0 spiro atoms. The Kier molecular flexibility index (Phi) is 4.51. The van der Waals surface area contributed by atoms with Gasteiger partial charge in [0.1, 0.15) is 0 Å². The Balaban J connectivity index is 1.66. The minimum Gasteiger partial charge on any atom is -0.303 e. The highest BCUT2D eigenvalue weighted by Gasteiger charge is 2.24. The van der Waals surface area contributed by atoms with Gasteiger partial charge in [0, 0.05) is 11.4 Å². The van der Waals surface area contributed by atoms with Crippen LogP contribution in [0.25, 0.3) is 0 Å². The number of hydrogen-bond donors (Lipinski definition) is 0. The Bertz CT molecular complexity index is 189. The Morgan fingerprint density at radius 2 is 1.93 bits per heavy atom. The lowest BCUT2D eigenvalue weighted by atomic mass is 9.98. The highest BCUT2D eigenvalue weighted by molar-refractivity contribution is 9.09. The lowest BCUT2D eigenvalue weighted by Crippen LogP contribution is -2.40. The number of piperidine rings is 1. The standard InChI is InChI=1S/C13H24BrN/c1-11-10-15(9-7-13(11)14)8-6-12-4-2-3-5-12/h11-13H,2-10H2,1H3. The van der Waals surface area contributed by atoms with Gasteiger partial charge >= 0.3 is 0 Å². The van der Waals surface area contributed by atoms with Crippen LogP contribution in [0.1, 0.15) is 45.4 Å². The molecule has 2 atom stereocenters. The smallest absolute Gasteiger partial charge is 0.0195 e. The van der Waals surface area contributed by atoms with Gasteiger partial charge in [-0.25, -0.2) is 0 Å². The Morgan fingerprint density at radius 3 is 2.60 bits per heavy atom. The minimum atomic E-state index is 0.764. The van der Waals surface area contributed by atoms with Crippen LogP contribution in [0.2, 0.25) is 0 Å². The molecule has 1 saturated heterocycles. The van der Waals surface area contributed by atoms with Crippen molar-refractivity contribution in [1.29, 1.82) is 0 Å². The number of halogens is 1. The molecule has 15 heavy (non-hydrogen) atoms. The summed E-state index contributed by atoms with van der Waals surface area (Å²) in [5.74, 6) is 1.89. The second kappa shape index (κ2) is 5.67. The number of hydrogen-bond acceptors (Lipinski definition) is 1. The number of likely N-dealkylation sites (tertiary alicyclic amines) is 1. The average molecular weight is 274 g/mol. The molecule has 2 aliphatic rings. The predicted molar refractivity (Wildman–Crippen MR) is 69.5 cm³/mol. The number of nitrogens with zero attached hydrogens (tertiary/aromatic N) is 1. The molecule has 2 fully saturated rings. The van der Waals surface area contributed by atoms with Crippen LogP contribution in [0, 0.1) is 11.8 Å². The maximum Gasteiger partial charge on any atom is 0.0195 e. The monoisotopic (exact) mass is 273 g/mol. The normalized spacial score (nSPS) is 34.8. The zero-order chi connectivity index (χ0) is 10.7. The maximum atomic E-state index is 3.77. The molecule has 1 nitrogen and oxygen atoms in total. The van der Waals surface area contributed by atoms with E-state index >= 15 is 0 Å².